The molecule has 35 heavy (non-hydrogen) atoms. The molecule has 0 bridgehead atoms. The van der Waals surface area contributed by atoms with E-state index in [1.807, 2.05) is 25.1 Å². The van der Waals surface area contributed by atoms with Crippen molar-refractivity contribution in [2.45, 2.75) is 44.9 Å². The van der Waals surface area contributed by atoms with E-state index in [9.17, 15) is 9.90 Å². The lowest BCUT2D eigenvalue weighted by molar-refractivity contribution is -0.137. The molecule has 0 aliphatic carbocycles. The number of hydrogen-bond acceptors (Lipinski definition) is 8. The van der Waals surface area contributed by atoms with Crippen LogP contribution in [0.25, 0.3) is 0 Å². The Morgan fingerprint density at radius 3 is 2.54 bits per heavy atom. The summed E-state index contributed by atoms with van der Waals surface area (Å²) >= 11 is 6.39. The van der Waals surface area contributed by atoms with E-state index in [2.05, 4.69) is 26.7 Å². The summed E-state index contributed by atoms with van der Waals surface area (Å²) < 4.78 is 17.1. The Hall–Kier alpha value is -2.78. The zero-order valence-corrected chi connectivity index (χ0v) is 21.3. The average Bonchev–Trinajstić information content (AvgIpc) is 3.16. The fraction of sp³-hybridized carbons (Fsp3) is 0.560. The van der Waals surface area contributed by atoms with Crippen molar-refractivity contribution in [3.63, 3.8) is 0 Å². The van der Waals surface area contributed by atoms with Crippen molar-refractivity contribution in [1.29, 1.82) is 0 Å². The first-order valence-corrected chi connectivity index (χ1v) is 12.3. The molecule has 0 amide bonds. The number of aromatic nitrogens is 2. The molecule has 2 saturated heterocycles. The summed E-state index contributed by atoms with van der Waals surface area (Å²) in [5.41, 5.74) is 1.79. The van der Waals surface area contributed by atoms with E-state index in [0.29, 0.717) is 23.3 Å². The lowest BCUT2D eigenvalue weighted by atomic mass is 9.96. The molecule has 2 aliphatic rings. The van der Waals surface area contributed by atoms with Crippen LogP contribution in [0.1, 0.15) is 26.7 Å². The number of carboxylic acids is 1. The minimum atomic E-state index is -0.816. The second-order valence-corrected chi connectivity index (χ2v) is 9.76. The van der Waals surface area contributed by atoms with Crippen molar-refractivity contribution in [3.8, 4) is 11.8 Å². The van der Waals surface area contributed by atoms with E-state index in [-0.39, 0.29) is 36.5 Å². The number of ether oxygens (including phenoxy) is 3. The number of pyridine rings is 2. The molecule has 4 heterocycles. The number of carboxylic acid groups (broad SMARTS) is 1. The van der Waals surface area contributed by atoms with Crippen molar-refractivity contribution >= 4 is 28.9 Å². The monoisotopic (exact) mass is 504 g/mol. The number of aliphatic carboxylic acids is 1. The number of nitrogens with zero attached hydrogens (tertiary/aromatic N) is 4. The van der Waals surface area contributed by atoms with Gasteiger partial charge in [-0.05, 0) is 6.07 Å². The van der Waals surface area contributed by atoms with Crippen LogP contribution in [0.5, 0.6) is 11.8 Å². The molecule has 5 atom stereocenters. The molecule has 2 aromatic heterocycles. The number of halogens is 1. The van der Waals surface area contributed by atoms with E-state index in [1.165, 1.54) is 0 Å². The van der Waals surface area contributed by atoms with E-state index in [1.54, 1.807) is 26.6 Å². The molecule has 0 saturated carbocycles. The maximum atomic E-state index is 11.4. The highest BCUT2D eigenvalue weighted by Gasteiger charge is 2.40. The van der Waals surface area contributed by atoms with Gasteiger partial charge in [0.15, 0.2) is 0 Å². The quantitative estimate of drug-likeness (QED) is 0.576. The highest BCUT2D eigenvalue weighted by atomic mass is 35.5. The van der Waals surface area contributed by atoms with Gasteiger partial charge < -0.3 is 29.1 Å². The maximum Gasteiger partial charge on any atom is 0.305 e. The highest BCUT2D eigenvalue weighted by molar-refractivity contribution is 6.33. The van der Waals surface area contributed by atoms with Crippen molar-refractivity contribution in [1.82, 2.24) is 9.97 Å². The Labute approximate surface area is 211 Å². The third-order valence-electron chi connectivity index (χ3n) is 7.17. The van der Waals surface area contributed by atoms with Gasteiger partial charge in [0.1, 0.15) is 6.10 Å². The van der Waals surface area contributed by atoms with E-state index >= 15 is 0 Å². The number of piperidine rings is 1. The van der Waals surface area contributed by atoms with Crippen LogP contribution in [0, 0.1) is 11.8 Å². The van der Waals surface area contributed by atoms with Gasteiger partial charge in [0, 0.05) is 63.2 Å². The van der Waals surface area contributed by atoms with Gasteiger partial charge in [-0.1, -0.05) is 25.4 Å². The Balaban J connectivity index is 1.40. The highest BCUT2D eigenvalue weighted by Crippen LogP contribution is 2.35. The van der Waals surface area contributed by atoms with Crippen LogP contribution in [0.2, 0.25) is 5.02 Å². The zero-order chi connectivity index (χ0) is 25.1. The number of methoxy groups -OCH3 is 2. The Kier molecular flexibility index (Phi) is 7.86. The van der Waals surface area contributed by atoms with E-state index in [0.717, 1.165) is 30.9 Å². The number of hydrogen-bond donors (Lipinski definition) is 1. The van der Waals surface area contributed by atoms with E-state index < -0.39 is 5.97 Å². The predicted molar refractivity (Wildman–Crippen MR) is 134 cm³/mol. The SMILES string of the molecule is COc1cc(N2CCC(Oc3ccc(N4CC(OC)C(C)C4CC(=O)O)cn3)C(C)C2)c(Cl)cn1. The van der Waals surface area contributed by atoms with Gasteiger partial charge in [0.25, 0.3) is 0 Å². The average molecular weight is 505 g/mol. The lowest BCUT2D eigenvalue weighted by Gasteiger charge is -2.38. The topological polar surface area (TPSA) is 97.2 Å². The molecule has 190 valence electrons. The van der Waals surface area contributed by atoms with Gasteiger partial charge in [-0.25, -0.2) is 9.97 Å². The first-order chi connectivity index (χ1) is 16.8. The molecule has 2 fully saturated rings. The largest absolute Gasteiger partial charge is 0.481 e. The van der Waals surface area contributed by atoms with Gasteiger partial charge in [-0.2, -0.15) is 0 Å². The molecule has 10 heteroatoms. The number of rotatable bonds is 8. The van der Waals surface area contributed by atoms with Crippen molar-refractivity contribution in [2.75, 3.05) is 43.7 Å². The molecule has 0 aromatic carbocycles. The van der Waals surface area contributed by atoms with Crippen LogP contribution >= 0.6 is 11.6 Å². The summed E-state index contributed by atoms with van der Waals surface area (Å²) in [7, 11) is 3.26. The van der Waals surface area contributed by atoms with Gasteiger partial charge >= 0.3 is 5.97 Å². The van der Waals surface area contributed by atoms with Crippen molar-refractivity contribution in [3.05, 3.63) is 35.6 Å². The predicted octanol–water partition coefficient (Wildman–Crippen LogP) is 3.75. The van der Waals surface area contributed by atoms with Gasteiger partial charge in [0.2, 0.25) is 11.8 Å². The van der Waals surface area contributed by atoms with Crippen LogP contribution in [-0.4, -0.2) is 73.1 Å². The third kappa shape index (κ3) is 5.56. The summed E-state index contributed by atoms with van der Waals surface area (Å²) in [6, 6.07) is 5.53. The van der Waals surface area contributed by atoms with Crippen molar-refractivity contribution in [2.24, 2.45) is 11.8 Å². The molecule has 9 nitrogen and oxygen atoms in total. The van der Waals surface area contributed by atoms with E-state index in [4.69, 9.17) is 25.8 Å². The van der Waals surface area contributed by atoms with Gasteiger partial charge in [-0.15, -0.1) is 0 Å². The van der Waals surface area contributed by atoms with Crippen LogP contribution in [0.15, 0.2) is 30.6 Å². The maximum absolute atomic E-state index is 11.4. The second kappa shape index (κ2) is 10.9. The molecule has 1 N–H and O–H groups in total. The van der Waals surface area contributed by atoms with Crippen molar-refractivity contribution < 1.29 is 24.1 Å². The van der Waals surface area contributed by atoms with Gasteiger partial charge in [-0.3, -0.25) is 4.79 Å². The smallest absolute Gasteiger partial charge is 0.305 e. The lowest BCUT2D eigenvalue weighted by Crippen LogP contribution is -2.44. The molecule has 0 spiro atoms. The summed E-state index contributed by atoms with van der Waals surface area (Å²) in [6.07, 6.45) is 4.27. The minimum Gasteiger partial charge on any atom is -0.481 e. The Morgan fingerprint density at radius 1 is 1.14 bits per heavy atom. The molecule has 0 radical (unpaired) electrons. The molecule has 4 rings (SSSR count). The fourth-order valence-electron chi connectivity index (χ4n) is 5.14. The van der Waals surface area contributed by atoms with Crippen LogP contribution in [0.4, 0.5) is 11.4 Å². The minimum absolute atomic E-state index is 0.0184. The zero-order valence-electron chi connectivity index (χ0n) is 20.6. The van der Waals surface area contributed by atoms with Crippen LogP contribution in [0.3, 0.4) is 0 Å². The molecular formula is C25H33ClN4O5. The molecule has 2 aromatic rings. The Bertz CT molecular complexity index is 1020. The second-order valence-electron chi connectivity index (χ2n) is 9.35. The molecule has 5 unspecified atom stereocenters. The number of anilines is 2. The summed E-state index contributed by atoms with van der Waals surface area (Å²) in [4.78, 5) is 24.4. The van der Waals surface area contributed by atoms with Gasteiger partial charge in [0.05, 0.1) is 48.4 Å². The standard InChI is InChI=1S/C25H33ClN4O5/c1-15-13-29(20-9-24(34-4)28-12-18(20)26)8-7-21(15)35-23-6-5-17(11-27-23)30-14-22(33-3)16(2)19(30)10-25(31)32/h5-6,9,11-12,15-16,19,21-22H,7-8,10,13-14H2,1-4H3,(H,31,32). The summed E-state index contributed by atoms with van der Waals surface area (Å²) in [6.45, 7) is 6.41. The molecular weight excluding hydrogens is 472 g/mol. The first kappa shape index (κ1) is 25.3. The first-order valence-electron chi connectivity index (χ1n) is 11.9. The normalized spacial score (nSPS) is 26.6. The summed E-state index contributed by atoms with van der Waals surface area (Å²) in [5.74, 6) is 0.639. The Morgan fingerprint density at radius 2 is 1.91 bits per heavy atom. The van der Waals surface area contributed by atoms with Crippen LogP contribution in [-0.2, 0) is 9.53 Å². The molecule has 2 aliphatic heterocycles. The van der Waals surface area contributed by atoms with Crippen LogP contribution < -0.4 is 19.3 Å². The third-order valence-corrected chi connectivity index (χ3v) is 7.46. The summed E-state index contributed by atoms with van der Waals surface area (Å²) in [5, 5.41) is 9.98. The number of carbonyl (C=O) groups is 1. The fourth-order valence-corrected chi connectivity index (χ4v) is 5.36.